The second kappa shape index (κ2) is 13.4. The van der Waals surface area contributed by atoms with Gasteiger partial charge in [-0.3, -0.25) is 0 Å². The Morgan fingerprint density at radius 3 is 1.54 bits per heavy atom. The molecule has 254 valence electrons. The molecule has 0 amide bonds. The molecule has 2 nitrogen and oxygen atoms in total. The Morgan fingerprint density at radius 1 is 0.333 bits per heavy atom. The monoisotopic (exact) mass is 689 g/mol. The van der Waals surface area contributed by atoms with Crippen LogP contribution in [0.5, 0.6) is 0 Å². The van der Waals surface area contributed by atoms with Crippen molar-refractivity contribution in [3.63, 3.8) is 0 Å². The third-order valence-corrected chi connectivity index (χ3v) is 10.5. The molecule has 1 aromatic heterocycles. The van der Waals surface area contributed by atoms with E-state index < -0.39 is 0 Å². The van der Waals surface area contributed by atoms with Crippen LogP contribution in [-0.2, 0) is 0 Å². The number of para-hydroxylation sites is 1. The molecule has 0 saturated carbocycles. The summed E-state index contributed by atoms with van der Waals surface area (Å²) in [7, 11) is 0. The molecule has 0 bridgehead atoms. The number of benzene rings is 9. The predicted molar refractivity (Wildman–Crippen MR) is 228 cm³/mol. The van der Waals surface area contributed by atoms with Crippen molar-refractivity contribution in [2.45, 2.75) is 0 Å². The first-order valence-corrected chi connectivity index (χ1v) is 18.4. The van der Waals surface area contributed by atoms with Crippen molar-refractivity contribution in [2.75, 3.05) is 4.90 Å². The van der Waals surface area contributed by atoms with Gasteiger partial charge in [-0.05, 0) is 98.2 Å². The molecule has 0 aliphatic rings. The van der Waals surface area contributed by atoms with E-state index in [1.165, 1.54) is 44.2 Å². The molecule has 9 aromatic carbocycles. The summed E-state index contributed by atoms with van der Waals surface area (Å²) in [4.78, 5) is 2.37. The largest absolute Gasteiger partial charge is 0.455 e. The van der Waals surface area contributed by atoms with E-state index >= 15 is 0 Å². The number of anilines is 3. The lowest BCUT2D eigenvalue weighted by atomic mass is 9.94. The Bertz CT molecular complexity index is 2910. The van der Waals surface area contributed by atoms with Crippen molar-refractivity contribution >= 4 is 49.8 Å². The fraction of sp³-hybridized carbons (Fsp3) is 0. The summed E-state index contributed by atoms with van der Waals surface area (Å²) in [5.74, 6) is 0. The third kappa shape index (κ3) is 5.62. The van der Waals surface area contributed by atoms with Gasteiger partial charge in [-0.25, -0.2) is 0 Å². The zero-order valence-corrected chi connectivity index (χ0v) is 29.6. The fourth-order valence-electron chi connectivity index (χ4n) is 7.84. The molecule has 54 heavy (non-hydrogen) atoms. The second-order valence-corrected chi connectivity index (χ2v) is 13.7. The molecule has 0 radical (unpaired) electrons. The lowest BCUT2D eigenvalue weighted by Gasteiger charge is -2.27. The van der Waals surface area contributed by atoms with Gasteiger partial charge in [0.25, 0.3) is 0 Å². The van der Waals surface area contributed by atoms with E-state index in [4.69, 9.17) is 4.42 Å². The molecular formula is C52H35NO. The van der Waals surface area contributed by atoms with Crippen LogP contribution in [0.3, 0.4) is 0 Å². The van der Waals surface area contributed by atoms with Crippen LogP contribution in [0.15, 0.2) is 217 Å². The van der Waals surface area contributed by atoms with Gasteiger partial charge in [-0.15, -0.1) is 0 Å². The maximum absolute atomic E-state index is 6.72. The molecule has 0 fully saturated rings. The molecule has 0 N–H and O–H groups in total. The van der Waals surface area contributed by atoms with Crippen molar-refractivity contribution in [1.29, 1.82) is 0 Å². The first-order valence-electron chi connectivity index (χ1n) is 18.4. The lowest BCUT2D eigenvalue weighted by Crippen LogP contribution is -2.10. The van der Waals surface area contributed by atoms with Gasteiger partial charge in [-0.2, -0.15) is 0 Å². The number of hydrogen-bond donors (Lipinski definition) is 0. The van der Waals surface area contributed by atoms with Crippen LogP contribution in [-0.4, -0.2) is 0 Å². The van der Waals surface area contributed by atoms with Gasteiger partial charge in [0.15, 0.2) is 0 Å². The zero-order valence-electron chi connectivity index (χ0n) is 29.6. The smallest absolute Gasteiger partial charge is 0.145 e. The molecule has 1 heterocycles. The molecule has 0 aliphatic heterocycles. The Labute approximate surface area is 314 Å². The summed E-state index contributed by atoms with van der Waals surface area (Å²) in [5, 5.41) is 4.66. The Balaban J connectivity index is 1.14. The number of nitrogens with zero attached hydrogens (tertiary/aromatic N) is 1. The molecule has 0 unspecified atom stereocenters. The molecule has 10 aromatic rings. The number of furan rings is 1. The van der Waals surface area contributed by atoms with Crippen molar-refractivity contribution in [2.24, 2.45) is 0 Å². The van der Waals surface area contributed by atoms with Gasteiger partial charge in [-0.1, -0.05) is 164 Å². The quantitative estimate of drug-likeness (QED) is 0.166. The van der Waals surface area contributed by atoms with E-state index in [0.29, 0.717) is 0 Å². The van der Waals surface area contributed by atoms with Crippen molar-refractivity contribution in [3.8, 4) is 44.5 Å². The van der Waals surface area contributed by atoms with Gasteiger partial charge in [0.2, 0.25) is 0 Å². The Kier molecular flexibility index (Phi) is 7.85. The molecule has 0 aliphatic carbocycles. The van der Waals surface area contributed by atoms with Gasteiger partial charge in [0.1, 0.15) is 11.2 Å². The molecule has 0 atom stereocenters. The van der Waals surface area contributed by atoms with Gasteiger partial charge in [0, 0.05) is 22.3 Å². The van der Waals surface area contributed by atoms with Crippen LogP contribution < -0.4 is 4.90 Å². The summed E-state index contributed by atoms with van der Waals surface area (Å²) in [6, 6.07) is 75.8. The van der Waals surface area contributed by atoms with Crippen molar-refractivity contribution in [3.05, 3.63) is 212 Å². The topological polar surface area (TPSA) is 16.4 Å². The minimum atomic E-state index is 0.872. The predicted octanol–water partition coefficient (Wildman–Crippen LogP) is 14.9. The van der Waals surface area contributed by atoms with Crippen molar-refractivity contribution in [1.82, 2.24) is 0 Å². The molecular weight excluding hydrogens is 655 g/mol. The number of hydrogen-bond acceptors (Lipinski definition) is 2. The highest BCUT2D eigenvalue weighted by atomic mass is 16.3. The van der Waals surface area contributed by atoms with E-state index in [0.717, 1.165) is 50.1 Å². The van der Waals surface area contributed by atoms with Gasteiger partial charge in [0.05, 0.1) is 11.1 Å². The van der Waals surface area contributed by atoms with Crippen LogP contribution in [0.25, 0.3) is 77.2 Å². The van der Waals surface area contributed by atoms with E-state index in [2.05, 4.69) is 211 Å². The minimum Gasteiger partial charge on any atom is -0.455 e. The minimum absolute atomic E-state index is 0.872. The second-order valence-electron chi connectivity index (χ2n) is 13.7. The zero-order chi connectivity index (χ0) is 35.8. The van der Waals surface area contributed by atoms with Gasteiger partial charge < -0.3 is 9.32 Å². The SMILES string of the molecule is c1ccc(-c2ccccc2-c2ccc(N(c3ccc(-c4ccc5ccccc5c4)cc3)c3ccc(-c4ccccc4)c4oc5ccccc5c34)cc2)cc1. The fourth-order valence-corrected chi connectivity index (χ4v) is 7.84. The van der Waals surface area contributed by atoms with E-state index in [1.807, 2.05) is 6.07 Å². The van der Waals surface area contributed by atoms with Gasteiger partial charge >= 0.3 is 0 Å². The number of fused-ring (bicyclic) bond motifs is 4. The third-order valence-electron chi connectivity index (χ3n) is 10.5. The summed E-state index contributed by atoms with van der Waals surface area (Å²) in [5.41, 5.74) is 14.3. The average molecular weight is 690 g/mol. The van der Waals surface area contributed by atoms with E-state index in [9.17, 15) is 0 Å². The first-order chi connectivity index (χ1) is 26.8. The van der Waals surface area contributed by atoms with Crippen LogP contribution in [0.4, 0.5) is 17.1 Å². The Hall–Kier alpha value is -7.16. The van der Waals surface area contributed by atoms with E-state index in [-0.39, 0.29) is 0 Å². The van der Waals surface area contributed by atoms with Crippen LogP contribution >= 0.6 is 0 Å². The van der Waals surface area contributed by atoms with E-state index in [1.54, 1.807) is 0 Å². The highest BCUT2D eigenvalue weighted by molar-refractivity contribution is 6.17. The average Bonchev–Trinajstić information content (AvgIpc) is 3.65. The van der Waals surface area contributed by atoms with Crippen molar-refractivity contribution < 1.29 is 4.42 Å². The highest BCUT2D eigenvalue weighted by Crippen LogP contribution is 2.46. The first kappa shape index (κ1) is 31.6. The number of rotatable bonds is 7. The summed E-state index contributed by atoms with van der Waals surface area (Å²) in [6.07, 6.45) is 0. The maximum atomic E-state index is 6.72. The summed E-state index contributed by atoms with van der Waals surface area (Å²) >= 11 is 0. The normalized spacial score (nSPS) is 11.3. The molecule has 10 rings (SSSR count). The highest BCUT2D eigenvalue weighted by Gasteiger charge is 2.22. The van der Waals surface area contributed by atoms with Crippen LogP contribution in [0, 0.1) is 0 Å². The van der Waals surface area contributed by atoms with Crippen LogP contribution in [0.2, 0.25) is 0 Å². The molecule has 2 heteroatoms. The lowest BCUT2D eigenvalue weighted by molar-refractivity contribution is 0.670. The summed E-state index contributed by atoms with van der Waals surface area (Å²) < 4.78 is 6.72. The molecule has 0 saturated heterocycles. The standard InChI is InChI=1S/C52H35NO/c1-3-14-38(15-4-1)45-19-9-10-20-46(45)40-27-31-44(32-28-40)53(43-29-25-37(26-30-43)42-24-23-36-13-7-8-18-41(36)35-42)49-34-33-47(39-16-5-2-6-17-39)52-51(49)48-21-11-12-22-50(48)54-52/h1-35H. The van der Waals surface area contributed by atoms with Crippen LogP contribution in [0.1, 0.15) is 0 Å². The Morgan fingerprint density at radius 2 is 0.852 bits per heavy atom. The summed E-state index contributed by atoms with van der Waals surface area (Å²) in [6.45, 7) is 0. The molecule has 0 spiro atoms. The maximum Gasteiger partial charge on any atom is 0.145 e.